The highest BCUT2D eigenvalue weighted by Gasteiger charge is 2.47. The van der Waals surface area contributed by atoms with E-state index < -0.39 is 12.1 Å². The van der Waals surface area contributed by atoms with Gasteiger partial charge in [0.2, 0.25) is 0 Å². The van der Waals surface area contributed by atoms with Crippen LogP contribution in [0.1, 0.15) is 54.6 Å². The SMILES string of the molecule is CC(C)(c1ccccc1)C(O)/C=C/[C@H]1[C@@H](CCc2ccc(C(=O)O)cc2)[C@H]2CC[C@@H]1O2. The average molecular weight is 421 g/mol. The van der Waals surface area contributed by atoms with E-state index in [1.165, 1.54) is 0 Å². The summed E-state index contributed by atoms with van der Waals surface area (Å²) in [5, 5.41) is 20.0. The topological polar surface area (TPSA) is 66.8 Å². The number of hydrogen-bond acceptors (Lipinski definition) is 3. The average Bonchev–Trinajstić information content (AvgIpc) is 3.38. The van der Waals surface area contributed by atoms with Gasteiger partial charge in [0, 0.05) is 11.3 Å². The molecule has 2 heterocycles. The van der Waals surface area contributed by atoms with Crippen LogP contribution in [0.5, 0.6) is 0 Å². The van der Waals surface area contributed by atoms with E-state index in [1.807, 2.05) is 36.4 Å². The first-order valence-electron chi connectivity index (χ1n) is 11.3. The van der Waals surface area contributed by atoms with E-state index in [0.717, 1.165) is 36.8 Å². The summed E-state index contributed by atoms with van der Waals surface area (Å²) >= 11 is 0. The molecule has 4 rings (SSSR count). The van der Waals surface area contributed by atoms with Crippen LogP contribution in [0, 0.1) is 11.8 Å². The van der Waals surface area contributed by atoms with Gasteiger partial charge in [0.15, 0.2) is 0 Å². The maximum atomic E-state index is 11.1. The van der Waals surface area contributed by atoms with Crippen molar-refractivity contribution in [2.24, 2.45) is 11.8 Å². The summed E-state index contributed by atoms with van der Waals surface area (Å²) in [5.74, 6) is -0.144. The molecule has 2 aromatic rings. The number of carbonyl (C=O) groups is 1. The zero-order valence-corrected chi connectivity index (χ0v) is 18.3. The molecule has 0 radical (unpaired) electrons. The van der Waals surface area contributed by atoms with Gasteiger partial charge in [-0.2, -0.15) is 0 Å². The fourth-order valence-electron chi connectivity index (χ4n) is 5.12. The van der Waals surface area contributed by atoms with Crippen molar-refractivity contribution >= 4 is 5.97 Å². The Morgan fingerprint density at radius 3 is 2.45 bits per heavy atom. The van der Waals surface area contributed by atoms with Gasteiger partial charge in [-0.15, -0.1) is 0 Å². The molecular formula is C27H32O4. The quantitative estimate of drug-likeness (QED) is 0.590. The van der Waals surface area contributed by atoms with Crippen molar-refractivity contribution in [2.45, 2.75) is 63.3 Å². The fraction of sp³-hybridized carbons (Fsp3) is 0.444. The summed E-state index contributed by atoms with van der Waals surface area (Å²) < 4.78 is 6.23. The van der Waals surface area contributed by atoms with Gasteiger partial charge in [0.1, 0.15) is 0 Å². The molecule has 0 spiro atoms. The van der Waals surface area contributed by atoms with Crippen molar-refractivity contribution in [3.05, 3.63) is 83.4 Å². The molecular weight excluding hydrogens is 388 g/mol. The second-order valence-corrected chi connectivity index (χ2v) is 9.49. The molecule has 0 aromatic heterocycles. The number of carboxylic acid groups (broad SMARTS) is 1. The number of aliphatic hydroxyl groups excluding tert-OH is 1. The second-order valence-electron chi connectivity index (χ2n) is 9.49. The van der Waals surface area contributed by atoms with Gasteiger partial charge in [-0.1, -0.05) is 68.5 Å². The molecule has 0 aliphatic carbocycles. The second kappa shape index (κ2) is 8.97. The highest BCUT2D eigenvalue weighted by Crippen LogP contribution is 2.46. The molecule has 5 atom stereocenters. The third kappa shape index (κ3) is 4.60. The predicted molar refractivity (Wildman–Crippen MR) is 121 cm³/mol. The van der Waals surface area contributed by atoms with Crippen LogP contribution in [0.2, 0.25) is 0 Å². The molecule has 1 unspecified atom stereocenters. The maximum Gasteiger partial charge on any atom is 0.335 e. The minimum atomic E-state index is -0.893. The van der Waals surface area contributed by atoms with Crippen molar-refractivity contribution < 1.29 is 19.7 Å². The summed E-state index contributed by atoms with van der Waals surface area (Å²) in [6.07, 6.45) is 8.22. The summed E-state index contributed by atoms with van der Waals surface area (Å²) in [7, 11) is 0. The maximum absolute atomic E-state index is 11.1. The molecule has 0 amide bonds. The molecule has 2 fully saturated rings. The fourth-order valence-corrected chi connectivity index (χ4v) is 5.12. The van der Waals surface area contributed by atoms with E-state index in [-0.39, 0.29) is 17.6 Å². The number of aromatic carboxylic acids is 1. The molecule has 4 heteroatoms. The number of fused-ring (bicyclic) bond motifs is 2. The Morgan fingerprint density at radius 1 is 1.10 bits per heavy atom. The van der Waals surface area contributed by atoms with Crippen LogP contribution >= 0.6 is 0 Å². The first-order valence-corrected chi connectivity index (χ1v) is 11.3. The zero-order valence-electron chi connectivity index (χ0n) is 18.3. The van der Waals surface area contributed by atoms with E-state index in [9.17, 15) is 9.90 Å². The summed E-state index contributed by atoms with van der Waals surface area (Å²) in [6, 6.07) is 17.3. The van der Waals surface area contributed by atoms with Crippen molar-refractivity contribution in [3.8, 4) is 0 Å². The molecule has 0 saturated carbocycles. The minimum absolute atomic E-state index is 0.243. The molecule has 2 aromatic carbocycles. The van der Waals surface area contributed by atoms with Crippen LogP contribution in [-0.4, -0.2) is 34.5 Å². The normalized spacial score (nSPS) is 26.4. The Kier molecular flexibility index (Phi) is 6.31. The lowest BCUT2D eigenvalue weighted by atomic mass is 9.75. The van der Waals surface area contributed by atoms with Crippen LogP contribution in [0.15, 0.2) is 66.7 Å². The molecule has 164 valence electrons. The monoisotopic (exact) mass is 420 g/mol. The Morgan fingerprint density at radius 2 is 1.77 bits per heavy atom. The van der Waals surface area contributed by atoms with E-state index in [4.69, 9.17) is 9.84 Å². The van der Waals surface area contributed by atoms with E-state index in [0.29, 0.717) is 17.4 Å². The number of aliphatic hydroxyl groups is 1. The molecule has 4 nitrogen and oxygen atoms in total. The van der Waals surface area contributed by atoms with Gasteiger partial charge in [0.05, 0.1) is 23.9 Å². The van der Waals surface area contributed by atoms with E-state index in [1.54, 1.807) is 12.1 Å². The van der Waals surface area contributed by atoms with Gasteiger partial charge >= 0.3 is 5.97 Å². The Hall–Kier alpha value is -2.43. The Labute approximate surface area is 184 Å². The molecule has 2 saturated heterocycles. The first-order chi connectivity index (χ1) is 14.9. The van der Waals surface area contributed by atoms with Crippen molar-refractivity contribution in [3.63, 3.8) is 0 Å². The molecule has 2 bridgehead atoms. The minimum Gasteiger partial charge on any atom is -0.478 e. The molecule has 2 N–H and O–H groups in total. The van der Waals surface area contributed by atoms with Crippen LogP contribution in [0.3, 0.4) is 0 Å². The summed E-state index contributed by atoms with van der Waals surface area (Å²) in [4.78, 5) is 11.1. The lowest BCUT2D eigenvalue weighted by Crippen LogP contribution is -2.33. The van der Waals surface area contributed by atoms with Gasteiger partial charge in [-0.05, 0) is 54.9 Å². The van der Waals surface area contributed by atoms with Crippen LogP contribution < -0.4 is 0 Å². The highest BCUT2D eigenvalue weighted by molar-refractivity contribution is 5.87. The smallest absolute Gasteiger partial charge is 0.335 e. The number of carboxylic acids is 1. The van der Waals surface area contributed by atoms with Gasteiger partial charge in [-0.3, -0.25) is 0 Å². The lowest BCUT2D eigenvalue weighted by Gasteiger charge is -2.30. The van der Waals surface area contributed by atoms with Gasteiger partial charge in [-0.25, -0.2) is 4.79 Å². The van der Waals surface area contributed by atoms with Crippen molar-refractivity contribution in [1.82, 2.24) is 0 Å². The summed E-state index contributed by atoms with van der Waals surface area (Å²) in [6.45, 7) is 4.15. The predicted octanol–water partition coefficient (Wildman–Crippen LogP) is 5.01. The molecule has 2 aliphatic heterocycles. The third-order valence-corrected chi connectivity index (χ3v) is 7.23. The number of benzene rings is 2. The largest absolute Gasteiger partial charge is 0.478 e. The highest BCUT2D eigenvalue weighted by atomic mass is 16.5. The van der Waals surface area contributed by atoms with Crippen LogP contribution in [0.25, 0.3) is 0 Å². The summed E-state index contributed by atoms with van der Waals surface area (Å²) in [5.41, 5.74) is 2.23. The van der Waals surface area contributed by atoms with Crippen molar-refractivity contribution in [2.75, 3.05) is 0 Å². The van der Waals surface area contributed by atoms with Crippen molar-refractivity contribution in [1.29, 1.82) is 0 Å². The zero-order chi connectivity index (χ0) is 22.0. The molecule has 31 heavy (non-hydrogen) atoms. The van der Waals surface area contributed by atoms with E-state index in [2.05, 4.69) is 32.1 Å². The van der Waals surface area contributed by atoms with Gasteiger partial charge in [0.25, 0.3) is 0 Å². The number of ether oxygens (including phenoxy) is 1. The number of rotatable bonds is 8. The molecule has 2 aliphatic rings. The lowest BCUT2D eigenvalue weighted by molar-refractivity contribution is 0.0697. The number of hydrogen-bond donors (Lipinski definition) is 2. The van der Waals surface area contributed by atoms with Gasteiger partial charge < -0.3 is 14.9 Å². The van der Waals surface area contributed by atoms with E-state index >= 15 is 0 Å². The standard InChI is InChI=1S/C27H32O4/c1-27(2,20-6-4-3-5-7-20)25(28)17-14-22-21(23-15-16-24(22)31-23)13-10-18-8-11-19(12-9-18)26(29)30/h3-9,11-12,14,17,21-25,28H,10,13,15-16H2,1-2H3,(H,29,30)/b17-14+/t21-,22+,23-,24+,25?/m1/s1. The van der Waals surface area contributed by atoms with Crippen LogP contribution in [0.4, 0.5) is 0 Å². The first kappa shape index (κ1) is 21.8. The third-order valence-electron chi connectivity index (χ3n) is 7.23. The number of aryl methyl sites for hydroxylation is 1. The van der Waals surface area contributed by atoms with Crippen LogP contribution in [-0.2, 0) is 16.6 Å². The Bertz CT molecular complexity index is 916. The Balaban J connectivity index is 1.42.